The molecule has 0 fully saturated rings. The van der Waals surface area contributed by atoms with Crippen LogP contribution in [-0.2, 0) is 11.0 Å². The lowest BCUT2D eigenvalue weighted by Crippen LogP contribution is -2.35. The second kappa shape index (κ2) is 6.57. The smallest absolute Gasteiger partial charge is 0.192 e. The van der Waals surface area contributed by atoms with Crippen LogP contribution in [0.4, 0.5) is 0 Å². The van der Waals surface area contributed by atoms with E-state index in [0.717, 1.165) is 11.1 Å². The molecule has 0 unspecified atom stereocenters. The monoisotopic (exact) mass is 300 g/mol. The van der Waals surface area contributed by atoms with Gasteiger partial charge in [-0.1, -0.05) is 54.9 Å². The molecule has 0 spiro atoms. The summed E-state index contributed by atoms with van der Waals surface area (Å²) in [5.41, 5.74) is 1.26. The molecule has 0 N–H and O–H groups in total. The van der Waals surface area contributed by atoms with Gasteiger partial charge in [0.2, 0.25) is 0 Å². The van der Waals surface area contributed by atoms with E-state index in [2.05, 4.69) is 54.9 Å². The molecule has 0 bridgehead atoms. The van der Waals surface area contributed by atoms with Crippen LogP contribution in [0, 0.1) is 0 Å². The van der Waals surface area contributed by atoms with Gasteiger partial charge < -0.3 is 4.43 Å². The Bertz CT molecular complexity index is 315. The summed E-state index contributed by atoms with van der Waals surface area (Å²) in [6, 6.07) is 11.9. The quantitative estimate of drug-likeness (QED) is 0.674. The molecule has 0 saturated heterocycles. The highest BCUT2D eigenvalue weighted by molar-refractivity contribution is 9.10. The van der Waals surface area contributed by atoms with Crippen molar-refractivity contribution in [1.29, 1.82) is 0 Å². The van der Waals surface area contributed by atoms with Crippen LogP contribution >= 0.6 is 15.9 Å². The lowest BCUT2D eigenvalue weighted by molar-refractivity contribution is 0.286. The van der Waals surface area contributed by atoms with Gasteiger partial charge in [0.05, 0.1) is 6.61 Å². The molecule has 0 aliphatic heterocycles. The van der Waals surface area contributed by atoms with E-state index in [0.29, 0.717) is 0 Å². The zero-order valence-electron chi connectivity index (χ0n) is 10.4. The maximum absolute atomic E-state index is 6.25. The van der Waals surface area contributed by atoms with E-state index in [1.165, 1.54) is 23.7 Å². The predicted molar refractivity (Wildman–Crippen MR) is 76.1 cm³/mol. The van der Waals surface area contributed by atoms with E-state index < -0.39 is 8.32 Å². The van der Waals surface area contributed by atoms with Crippen LogP contribution in [0.5, 0.6) is 0 Å². The standard InChI is InChI=1S/C13H21BrOSi/c1-4-16(5-2,6-3)15-11-12-9-7-8-10-13(12)14/h7-10H,4-6,11H2,1-3H3. The van der Waals surface area contributed by atoms with Gasteiger partial charge in [0.25, 0.3) is 0 Å². The Balaban J connectivity index is 2.66. The predicted octanol–water partition coefficient (Wildman–Crippen LogP) is 4.97. The fourth-order valence-corrected chi connectivity index (χ4v) is 4.88. The van der Waals surface area contributed by atoms with Crippen molar-refractivity contribution >= 4 is 24.2 Å². The minimum absolute atomic E-state index is 0.753. The molecule has 1 rings (SSSR count). The highest BCUT2D eigenvalue weighted by atomic mass is 79.9. The van der Waals surface area contributed by atoms with Crippen LogP contribution in [0.1, 0.15) is 26.3 Å². The molecule has 0 heterocycles. The molecule has 1 aromatic carbocycles. The third-order valence-electron chi connectivity index (χ3n) is 3.42. The Morgan fingerprint density at radius 3 is 2.12 bits per heavy atom. The van der Waals surface area contributed by atoms with Crippen LogP contribution in [0.2, 0.25) is 18.1 Å². The normalized spacial score (nSPS) is 11.8. The van der Waals surface area contributed by atoms with E-state index in [-0.39, 0.29) is 0 Å². The second-order valence-electron chi connectivity index (χ2n) is 4.12. The molecule has 0 aliphatic rings. The van der Waals surface area contributed by atoms with E-state index in [1.54, 1.807) is 0 Å². The number of hydrogen-bond acceptors (Lipinski definition) is 1. The summed E-state index contributed by atoms with van der Waals surface area (Å²) >= 11 is 3.57. The molecule has 90 valence electrons. The van der Waals surface area contributed by atoms with Crippen molar-refractivity contribution in [2.24, 2.45) is 0 Å². The maximum Gasteiger partial charge on any atom is 0.192 e. The fraction of sp³-hybridized carbons (Fsp3) is 0.538. The zero-order valence-corrected chi connectivity index (χ0v) is 13.0. The lowest BCUT2D eigenvalue weighted by Gasteiger charge is -2.28. The van der Waals surface area contributed by atoms with E-state index in [9.17, 15) is 0 Å². The van der Waals surface area contributed by atoms with Gasteiger partial charge in [0, 0.05) is 4.47 Å². The summed E-state index contributed by atoms with van der Waals surface area (Å²) in [7, 11) is -1.44. The first-order valence-corrected chi connectivity index (χ1v) is 9.37. The average molecular weight is 301 g/mol. The first kappa shape index (κ1) is 13.9. The minimum atomic E-state index is -1.44. The molecule has 1 nitrogen and oxygen atoms in total. The van der Waals surface area contributed by atoms with Crippen LogP contribution < -0.4 is 0 Å². The summed E-state index contributed by atoms with van der Waals surface area (Å²) in [6.07, 6.45) is 0. The van der Waals surface area contributed by atoms with Crippen molar-refractivity contribution in [3.05, 3.63) is 34.3 Å². The Hall–Kier alpha value is -0.123. The topological polar surface area (TPSA) is 9.23 Å². The fourth-order valence-electron chi connectivity index (χ4n) is 1.90. The summed E-state index contributed by atoms with van der Waals surface area (Å²) < 4.78 is 7.41. The maximum atomic E-state index is 6.25. The largest absolute Gasteiger partial charge is 0.413 e. The summed E-state index contributed by atoms with van der Waals surface area (Å²) in [5.74, 6) is 0. The molecule has 16 heavy (non-hydrogen) atoms. The third-order valence-corrected chi connectivity index (χ3v) is 8.82. The van der Waals surface area contributed by atoms with Crippen LogP contribution in [-0.4, -0.2) is 8.32 Å². The lowest BCUT2D eigenvalue weighted by atomic mass is 10.2. The Morgan fingerprint density at radius 2 is 1.62 bits per heavy atom. The first-order valence-electron chi connectivity index (χ1n) is 6.04. The van der Waals surface area contributed by atoms with Crippen LogP contribution in [0.3, 0.4) is 0 Å². The molecule has 0 atom stereocenters. The van der Waals surface area contributed by atoms with Gasteiger partial charge in [0.15, 0.2) is 8.32 Å². The molecule has 3 heteroatoms. The Labute approximate surface area is 108 Å². The minimum Gasteiger partial charge on any atom is -0.413 e. The molecule has 1 aromatic rings. The van der Waals surface area contributed by atoms with Gasteiger partial charge in [0.1, 0.15) is 0 Å². The Morgan fingerprint density at radius 1 is 1.06 bits per heavy atom. The molecule has 0 aliphatic carbocycles. The SMILES string of the molecule is CC[Si](CC)(CC)OCc1ccccc1Br. The molecular formula is C13H21BrOSi. The van der Waals surface area contributed by atoms with Crippen molar-refractivity contribution in [2.45, 2.75) is 45.5 Å². The van der Waals surface area contributed by atoms with Gasteiger partial charge in [-0.3, -0.25) is 0 Å². The van der Waals surface area contributed by atoms with Gasteiger partial charge in [-0.2, -0.15) is 0 Å². The summed E-state index contributed by atoms with van der Waals surface area (Å²) in [5, 5.41) is 0. The van der Waals surface area contributed by atoms with E-state index in [1.807, 2.05) is 6.07 Å². The number of rotatable bonds is 6. The van der Waals surface area contributed by atoms with Gasteiger partial charge in [-0.25, -0.2) is 0 Å². The van der Waals surface area contributed by atoms with Crippen molar-refractivity contribution in [1.82, 2.24) is 0 Å². The molecular weight excluding hydrogens is 280 g/mol. The zero-order chi connectivity index (χ0) is 12.0. The van der Waals surface area contributed by atoms with Crippen molar-refractivity contribution in [3.63, 3.8) is 0 Å². The number of halogens is 1. The number of benzene rings is 1. The molecule has 0 radical (unpaired) electrons. The van der Waals surface area contributed by atoms with E-state index >= 15 is 0 Å². The molecule has 0 amide bonds. The van der Waals surface area contributed by atoms with E-state index in [4.69, 9.17) is 4.43 Å². The van der Waals surface area contributed by atoms with Crippen LogP contribution in [0.15, 0.2) is 28.7 Å². The van der Waals surface area contributed by atoms with Gasteiger partial charge in [-0.05, 0) is 29.8 Å². The highest BCUT2D eigenvalue weighted by Crippen LogP contribution is 2.25. The highest BCUT2D eigenvalue weighted by Gasteiger charge is 2.28. The van der Waals surface area contributed by atoms with Crippen LogP contribution in [0.25, 0.3) is 0 Å². The average Bonchev–Trinajstić information content (AvgIpc) is 2.34. The second-order valence-corrected chi connectivity index (χ2v) is 9.75. The third kappa shape index (κ3) is 3.44. The summed E-state index contributed by atoms with van der Waals surface area (Å²) in [6.45, 7) is 7.54. The first-order chi connectivity index (χ1) is 7.67. The molecule has 0 aromatic heterocycles. The van der Waals surface area contributed by atoms with Crippen molar-refractivity contribution in [3.8, 4) is 0 Å². The Kier molecular flexibility index (Phi) is 5.73. The summed E-state index contributed by atoms with van der Waals surface area (Å²) in [4.78, 5) is 0. The number of hydrogen-bond donors (Lipinski definition) is 0. The molecule has 0 saturated carbocycles. The van der Waals surface area contributed by atoms with Crippen molar-refractivity contribution in [2.75, 3.05) is 0 Å². The van der Waals surface area contributed by atoms with Gasteiger partial charge in [-0.15, -0.1) is 0 Å². The van der Waals surface area contributed by atoms with Crippen molar-refractivity contribution < 1.29 is 4.43 Å². The van der Waals surface area contributed by atoms with Gasteiger partial charge >= 0.3 is 0 Å².